The van der Waals surface area contributed by atoms with Crippen molar-refractivity contribution in [1.29, 1.82) is 0 Å². The molecule has 0 unspecified atom stereocenters. The first kappa shape index (κ1) is 10.5. The van der Waals surface area contributed by atoms with Crippen LogP contribution in [0.4, 0.5) is 0 Å². The first-order valence-corrected chi connectivity index (χ1v) is 5.14. The Bertz CT molecular complexity index is 350. The lowest BCUT2D eigenvalue weighted by atomic mass is 10.0. The molecule has 0 aromatic heterocycles. The summed E-state index contributed by atoms with van der Waals surface area (Å²) in [6.45, 7) is 1.77. The highest BCUT2D eigenvalue weighted by molar-refractivity contribution is 9.08. The second-order valence-electron chi connectivity index (χ2n) is 2.68. The highest BCUT2D eigenvalue weighted by Crippen LogP contribution is 2.22. The number of rotatable bonds is 2. The van der Waals surface area contributed by atoms with Gasteiger partial charge in [-0.05, 0) is 30.2 Å². The first-order chi connectivity index (χ1) is 6.06. The molecule has 0 radical (unpaired) electrons. The molecule has 1 rings (SSSR count). The van der Waals surface area contributed by atoms with Gasteiger partial charge in [0.15, 0.2) is 0 Å². The quantitative estimate of drug-likeness (QED) is 0.832. The van der Waals surface area contributed by atoms with Crippen molar-refractivity contribution in [2.75, 3.05) is 0 Å². The van der Waals surface area contributed by atoms with E-state index in [1.165, 1.54) is 6.07 Å². The van der Waals surface area contributed by atoms with Gasteiger partial charge >= 0.3 is 5.97 Å². The Hall–Kier alpha value is -0.540. The number of aromatic carboxylic acids is 1. The third kappa shape index (κ3) is 2.23. The third-order valence-electron chi connectivity index (χ3n) is 1.85. The number of alkyl halides is 1. The number of hydrogen-bond acceptors (Lipinski definition) is 1. The lowest BCUT2D eigenvalue weighted by Gasteiger charge is -2.06. The number of benzene rings is 1. The fourth-order valence-electron chi connectivity index (χ4n) is 1.10. The molecule has 0 fully saturated rings. The fourth-order valence-corrected chi connectivity index (χ4v) is 1.92. The van der Waals surface area contributed by atoms with Crippen molar-refractivity contribution < 1.29 is 9.90 Å². The van der Waals surface area contributed by atoms with Crippen LogP contribution in [0.5, 0.6) is 0 Å². The van der Waals surface area contributed by atoms with Crippen molar-refractivity contribution in [3.05, 3.63) is 33.8 Å². The minimum absolute atomic E-state index is 0.266. The number of carboxylic acids is 1. The van der Waals surface area contributed by atoms with Gasteiger partial charge in [0.2, 0.25) is 0 Å². The van der Waals surface area contributed by atoms with Crippen molar-refractivity contribution in [2.45, 2.75) is 12.3 Å². The molecule has 0 aliphatic heterocycles. The number of hydrogen-bond donors (Lipinski definition) is 1. The molecular formula is C9H8BrClO2. The van der Waals surface area contributed by atoms with E-state index in [1.807, 2.05) is 0 Å². The Morgan fingerprint density at radius 1 is 1.62 bits per heavy atom. The van der Waals surface area contributed by atoms with Crippen LogP contribution in [0, 0.1) is 6.92 Å². The Labute approximate surface area is 89.7 Å². The summed E-state index contributed by atoms with van der Waals surface area (Å²) in [5.74, 6) is -0.942. The minimum Gasteiger partial charge on any atom is -0.478 e. The minimum atomic E-state index is -0.942. The summed E-state index contributed by atoms with van der Waals surface area (Å²) in [6, 6.07) is 3.23. The summed E-state index contributed by atoms with van der Waals surface area (Å²) in [7, 11) is 0. The molecule has 4 heteroatoms. The summed E-state index contributed by atoms with van der Waals surface area (Å²) >= 11 is 9.03. The topological polar surface area (TPSA) is 37.3 Å². The molecule has 0 amide bonds. The van der Waals surface area contributed by atoms with Crippen molar-refractivity contribution in [1.82, 2.24) is 0 Å². The molecule has 1 N–H and O–H groups in total. The molecule has 13 heavy (non-hydrogen) atoms. The smallest absolute Gasteiger partial charge is 0.336 e. The second-order valence-corrected chi connectivity index (χ2v) is 3.67. The van der Waals surface area contributed by atoms with E-state index < -0.39 is 5.97 Å². The first-order valence-electron chi connectivity index (χ1n) is 3.64. The van der Waals surface area contributed by atoms with Crippen LogP contribution in [0.25, 0.3) is 0 Å². The van der Waals surface area contributed by atoms with Crippen LogP contribution < -0.4 is 0 Å². The molecule has 0 spiro atoms. The van der Waals surface area contributed by atoms with E-state index in [0.29, 0.717) is 10.4 Å². The van der Waals surface area contributed by atoms with Gasteiger partial charge in [-0.25, -0.2) is 4.79 Å². The SMILES string of the molecule is Cc1c(CBr)cc(Cl)cc1C(=O)O. The van der Waals surface area contributed by atoms with Crippen LogP contribution in [-0.2, 0) is 5.33 Å². The largest absolute Gasteiger partial charge is 0.478 e. The average Bonchev–Trinajstić information content (AvgIpc) is 2.08. The monoisotopic (exact) mass is 262 g/mol. The molecule has 0 bridgehead atoms. The molecule has 0 saturated heterocycles. The van der Waals surface area contributed by atoms with Crippen molar-refractivity contribution in [2.24, 2.45) is 0 Å². The van der Waals surface area contributed by atoms with E-state index >= 15 is 0 Å². The predicted molar refractivity (Wildman–Crippen MR) is 55.8 cm³/mol. The maximum Gasteiger partial charge on any atom is 0.336 e. The molecule has 0 aliphatic rings. The van der Waals surface area contributed by atoms with E-state index in [0.717, 1.165) is 11.1 Å². The van der Waals surface area contributed by atoms with Gasteiger partial charge in [0.05, 0.1) is 5.56 Å². The summed E-state index contributed by atoms with van der Waals surface area (Å²) in [4.78, 5) is 10.8. The summed E-state index contributed by atoms with van der Waals surface area (Å²) in [5.41, 5.74) is 1.93. The Morgan fingerprint density at radius 2 is 2.23 bits per heavy atom. The lowest BCUT2D eigenvalue weighted by Crippen LogP contribution is -2.02. The molecule has 1 aromatic carbocycles. The Balaban J connectivity index is 3.35. The highest BCUT2D eigenvalue weighted by atomic mass is 79.9. The molecular weight excluding hydrogens is 255 g/mol. The highest BCUT2D eigenvalue weighted by Gasteiger charge is 2.11. The Kier molecular flexibility index (Phi) is 3.33. The van der Waals surface area contributed by atoms with Crippen LogP contribution in [0.15, 0.2) is 12.1 Å². The van der Waals surface area contributed by atoms with Gasteiger partial charge in [-0.3, -0.25) is 0 Å². The van der Waals surface area contributed by atoms with E-state index in [4.69, 9.17) is 16.7 Å². The van der Waals surface area contributed by atoms with Crippen LogP contribution >= 0.6 is 27.5 Å². The van der Waals surface area contributed by atoms with Crippen molar-refractivity contribution in [3.63, 3.8) is 0 Å². The van der Waals surface area contributed by atoms with Crippen molar-refractivity contribution in [3.8, 4) is 0 Å². The zero-order valence-electron chi connectivity index (χ0n) is 6.97. The lowest BCUT2D eigenvalue weighted by molar-refractivity contribution is 0.0696. The maximum absolute atomic E-state index is 10.8. The number of halogens is 2. The van der Waals surface area contributed by atoms with Gasteiger partial charge in [0.1, 0.15) is 0 Å². The normalized spacial score (nSPS) is 10.1. The fraction of sp³-hybridized carbons (Fsp3) is 0.222. The van der Waals surface area contributed by atoms with Crippen LogP contribution in [0.1, 0.15) is 21.5 Å². The van der Waals surface area contributed by atoms with E-state index in [2.05, 4.69) is 15.9 Å². The number of carbonyl (C=O) groups is 1. The van der Waals surface area contributed by atoms with E-state index in [-0.39, 0.29) is 5.56 Å². The van der Waals surface area contributed by atoms with Gasteiger partial charge in [-0.15, -0.1) is 0 Å². The maximum atomic E-state index is 10.8. The molecule has 70 valence electrons. The molecule has 0 saturated carbocycles. The Morgan fingerprint density at radius 3 is 2.69 bits per heavy atom. The molecule has 0 atom stereocenters. The number of carboxylic acid groups (broad SMARTS) is 1. The summed E-state index contributed by atoms with van der Waals surface area (Å²) < 4.78 is 0. The van der Waals surface area contributed by atoms with Gasteiger partial charge < -0.3 is 5.11 Å². The summed E-state index contributed by atoms with van der Waals surface area (Å²) in [5, 5.41) is 9.90. The molecule has 0 heterocycles. The van der Waals surface area contributed by atoms with Gasteiger partial charge in [-0.1, -0.05) is 27.5 Å². The zero-order chi connectivity index (χ0) is 10.0. The van der Waals surface area contributed by atoms with E-state index in [9.17, 15) is 4.79 Å². The van der Waals surface area contributed by atoms with E-state index in [1.54, 1.807) is 13.0 Å². The predicted octanol–water partition coefficient (Wildman–Crippen LogP) is 3.24. The van der Waals surface area contributed by atoms with Crippen LogP contribution in [0.3, 0.4) is 0 Å². The molecule has 2 nitrogen and oxygen atoms in total. The standard InChI is InChI=1S/C9H8BrClO2/c1-5-6(4-10)2-7(11)3-8(5)9(12)13/h2-3H,4H2,1H3,(H,12,13). The van der Waals surface area contributed by atoms with Gasteiger partial charge in [-0.2, -0.15) is 0 Å². The summed E-state index contributed by atoms with van der Waals surface area (Å²) in [6.07, 6.45) is 0. The average molecular weight is 264 g/mol. The molecule has 1 aromatic rings. The van der Waals surface area contributed by atoms with Gasteiger partial charge in [0.25, 0.3) is 0 Å². The molecule has 0 aliphatic carbocycles. The van der Waals surface area contributed by atoms with Crippen LogP contribution in [-0.4, -0.2) is 11.1 Å². The van der Waals surface area contributed by atoms with Crippen LogP contribution in [0.2, 0.25) is 5.02 Å². The zero-order valence-corrected chi connectivity index (χ0v) is 9.32. The van der Waals surface area contributed by atoms with Gasteiger partial charge in [0, 0.05) is 10.4 Å². The third-order valence-corrected chi connectivity index (χ3v) is 2.68. The second kappa shape index (κ2) is 4.11. The van der Waals surface area contributed by atoms with Crippen molar-refractivity contribution >= 4 is 33.5 Å².